The van der Waals surface area contributed by atoms with Crippen molar-refractivity contribution in [1.82, 2.24) is 4.90 Å². The van der Waals surface area contributed by atoms with Gasteiger partial charge in [-0.15, -0.1) is 0 Å². The van der Waals surface area contributed by atoms with E-state index in [0.29, 0.717) is 18.8 Å². The molecule has 0 aromatic heterocycles. The Labute approximate surface area is 106 Å². The maximum absolute atomic E-state index is 11.7. The van der Waals surface area contributed by atoms with Gasteiger partial charge in [-0.1, -0.05) is 6.07 Å². The minimum absolute atomic E-state index is 0.242. The number of hydrogen-bond donors (Lipinski definition) is 0. The molecule has 1 amide bonds. The van der Waals surface area contributed by atoms with Gasteiger partial charge in [0, 0.05) is 13.1 Å². The van der Waals surface area contributed by atoms with E-state index in [1.165, 1.54) is 0 Å². The van der Waals surface area contributed by atoms with Gasteiger partial charge < -0.3 is 19.1 Å². The molecule has 98 valence electrons. The minimum Gasteiger partial charge on any atom is -0.454 e. The van der Waals surface area contributed by atoms with Gasteiger partial charge in [-0.3, -0.25) is 0 Å². The molecular formula is C13H17NO4. The Morgan fingerprint density at radius 2 is 2.00 bits per heavy atom. The molecule has 0 fully saturated rings. The summed E-state index contributed by atoms with van der Waals surface area (Å²) in [7, 11) is 0. The Bertz CT molecular complexity index is 429. The van der Waals surface area contributed by atoms with Gasteiger partial charge in [-0.05, 0) is 31.5 Å². The molecule has 18 heavy (non-hydrogen) atoms. The van der Waals surface area contributed by atoms with Gasteiger partial charge in [0.1, 0.15) is 6.61 Å². The van der Waals surface area contributed by atoms with Crippen molar-refractivity contribution >= 4 is 6.09 Å². The third kappa shape index (κ3) is 2.67. The van der Waals surface area contributed by atoms with Crippen molar-refractivity contribution in [1.29, 1.82) is 0 Å². The highest BCUT2D eigenvalue weighted by Gasteiger charge is 2.15. The quantitative estimate of drug-likeness (QED) is 0.824. The van der Waals surface area contributed by atoms with E-state index in [1.807, 2.05) is 32.0 Å². The summed E-state index contributed by atoms with van der Waals surface area (Å²) in [5.74, 6) is 1.43. The molecule has 1 aromatic rings. The van der Waals surface area contributed by atoms with Crippen molar-refractivity contribution in [2.24, 2.45) is 0 Å². The van der Waals surface area contributed by atoms with E-state index < -0.39 is 0 Å². The van der Waals surface area contributed by atoms with Crippen LogP contribution in [0.15, 0.2) is 18.2 Å². The first-order chi connectivity index (χ1) is 8.74. The topological polar surface area (TPSA) is 48.0 Å². The summed E-state index contributed by atoms with van der Waals surface area (Å²) >= 11 is 0. The fourth-order valence-electron chi connectivity index (χ4n) is 1.75. The van der Waals surface area contributed by atoms with Crippen LogP contribution in [0, 0.1) is 0 Å². The van der Waals surface area contributed by atoms with E-state index in [1.54, 1.807) is 4.90 Å². The van der Waals surface area contributed by atoms with Gasteiger partial charge in [-0.2, -0.15) is 0 Å². The number of ether oxygens (including phenoxy) is 3. The molecule has 2 rings (SSSR count). The van der Waals surface area contributed by atoms with Crippen LogP contribution in [0.4, 0.5) is 4.79 Å². The van der Waals surface area contributed by atoms with Crippen LogP contribution >= 0.6 is 0 Å². The fourth-order valence-corrected chi connectivity index (χ4v) is 1.75. The Balaban J connectivity index is 1.92. The SMILES string of the molecule is CCN(CC)C(=O)OCc1ccc2c(c1)OCO2. The summed E-state index contributed by atoms with van der Waals surface area (Å²) in [5, 5.41) is 0. The van der Waals surface area contributed by atoms with E-state index in [4.69, 9.17) is 14.2 Å². The van der Waals surface area contributed by atoms with E-state index in [9.17, 15) is 4.79 Å². The van der Waals surface area contributed by atoms with Crippen LogP contribution in [-0.2, 0) is 11.3 Å². The molecule has 1 aromatic carbocycles. The number of hydrogen-bond acceptors (Lipinski definition) is 4. The number of benzene rings is 1. The van der Waals surface area contributed by atoms with Gasteiger partial charge >= 0.3 is 6.09 Å². The van der Waals surface area contributed by atoms with Crippen LogP contribution in [0.3, 0.4) is 0 Å². The lowest BCUT2D eigenvalue weighted by Gasteiger charge is -2.18. The molecule has 0 atom stereocenters. The van der Waals surface area contributed by atoms with Crippen molar-refractivity contribution in [3.63, 3.8) is 0 Å². The molecule has 5 nitrogen and oxygen atoms in total. The summed E-state index contributed by atoms with van der Waals surface area (Å²) in [4.78, 5) is 13.3. The third-order valence-electron chi connectivity index (χ3n) is 2.82. The fraction of sp³-hybridized carbons (Fsp3) is 0.462. The molecule has 0 unspecified atom stereocenters. The van der Waals surface area contributed by atoms with E-state index in [-0.39, 0.29) is 19.5 Å². The van der Waals surface area contributed by atoms with Gasteiger partial charge in [0.15, 0.2) is 11.5 Å². The zero-order valence-corrected chi connectivity index (χ0v) is 10.6. The Hall–Kier alpha value is -1.91. The summed E-state index contributed by atoms with van der Waals surface area (Å²) in [6, 6.07) is 5.52. The standard InChI is InChI=1S/C13H17NO4/c1-3-14(4-2)13(15)16-8-10-5-6-11-12(7-10)18-9-17-11/h5-7H,3-4,8-9H2,1-2H3. The van der Waals surface area contributed by atoms with Gasteiger partial charge in [0.2, 0.25) is 6.79 Å². The first-order valence-electron chi connectivity index (χ1n) is 6.04. The second-order valence-electron chi connectivity index (χ2n) is 3.91. The van der Waals surface area contributed by atoms with Crippen molar-refractivity contribution in [3.8, 4) is 11.5 Å². The number of amides is 1. The van der Waals surface area contributed by atoms with Gasteiger partial charge in [0.05, 0.1) is 0 Å². The third-order valence-corrected chi connectivity index (χ3v) is 2.82. The first-order valence-corrected chi connectivity index (χ1v) is 6.04. The van der Waals surface area contributed by atoms with Crippen LogP contribution in [0.25, 0.3) is 0 Å². The smallest absolute Gasteiger partial charge is 0.410 e. The van der Waals surface area contributed by atoms with E-state index in [0.717, 1.165) is 11.3 Å². The van der Waals surface area contributed by atoms with Crippen molar-refractivity contribution in [3.05, 3.63) is 23.8 Å². The second kappa shape index (κ2) is 5.62. The van der Waals surface area contributed by atoms with E-state index >= 15 is 0 Å². The first kappa shape index (κ1) is 12.5. The number of nitrogens with zero attached hydrogens (tertiary/aromatic N) is 1. The molecule has 0 aliphatic carbocycles. The zero-order chi connectivity index (χ0) is 13.0. The molecule has 0 spiro atoms. The van der Waals surface area contributed by atoms with Crippen molar-refractivity contribution in [2.75, 3.05) is 19.9 Å². The maximum atomic E-state index is 11.7. The van der Waals surface area contributed by atoms with Crippen LogP contribution in [-0.4, -0.2) is 30.9 Å². The Kier molecular flexibility index (Phi) is 3.92. The summed E-state index contributed by atoms with van der Waals surface area (Å²) < 4.78 is 15.7. The maximum Gasteiger partial charge on any atom is 0.410 e. The Morgan fingerprint density at radius 3 is 2.72 bits per heavy atom. The second-order valence-corrected chi connectivity index (χ2v) is 3.91. The molecule has 0 N–H and O–H groups in total. The van der Waals surface area contributed by atoms with Crippen LogP contribution in [0.2, 0.25) is 0 Å². The molecular weight excluding hydrogens is 234 g/mol. The minimum atomic E-state index is -0.294. The molecule has 0 bridgehead atoms. The highest BCUT2D eigenvalue weighted by atomic mass is 16.7. The molecule has 0 saturated heterocycles. The molecule has 1 aliphatic heterocycles. The number of carbonyl (C=O) groups excluding carboxylic acids is 1. The predicted molar refractivity (Wildman–Crippen MR) is 65.7 cm³/mol. The lowest BCUT2D eigenvalue weighted by molar-refractivity contribution is 0.0998. The van der Waals surface area contributed by atoms with Crippen LogP contribution in [0.1, 0.15) is 19.4 Å². The summed E-state index contributed by atoms with van der Waals surface area (Å²) in [6.07, 6.45) is -0.294. The van der Waals surface area contributed by atoms with Gasteiger partial charge in [0.25, 0.3) is 0 Å². The largest absolute Gasteiger partial charge is 0.454 e. The lowest BCUT2D eigenvalue weighted by Crippen LogP contribution is -2.30. The molecule has 1 aliphatic rings. The monoisotopic (exact) mass is 251 g/mol. The highest BCUT2D eigenvalue weighted by Crippen LogP contribution is 2.32. The highest BCUT2D eigenvalue weighted by molar-refractivity contribution is 5.67. The van der Waals surface area contributed by atoms with Crippen LogP contribution < -0.4 is 9.47 Å². The van der Waals surface area contributed by atoms with Crippen molar-refractivity contribution in [2.45, 2.75) is 20.5 Å². The molecule has 0 radical (unpaired) electrons. The molecule has 5 heteroatoms. The van der Waals surface area contributed by atoms with Crippen LogP contribution in [0.5, 0.6) is 11.5 Å². The normalized spacial score (nSPS) is 12.3. The molecule has 1 heterocycles. The predicted octanol–water partition coefficient (Wildman–Crippen LogP) is 2.39. The van der Waals surface area contributed by atoms with Crippen molar-refractivity contribution < 1.29 is 19.0 Å². The zero-order valence-electron chi connectivity index (χ0n) is 10.6. The summed E-state index contributed by atoms with van der Waals surface area (Å²) in [6.45, 7) is 5.63. The number of rotatable bonds is 4. The lowest BCUT2D eigenvalue weighted by atomic mass is 10.2. The van der Waals surface area contributed by atoms with E-state index in [2.05, 4.69) is 0 Å². The molecule has 0 saturated carbocycles. The van der Waals surface area contributed by atoms with Gasteiger partial charge in [-0.25, -0.2) is 4.79 Å². The Morgan fingerprint density at radius 1 is 1.28 bits per heavy atom. The number of carbonyl (C=O) groups is 1. The average molecular weight is 251 g/mol. The summed E-state index contributed by atoms with van der Waals surface area (Å²) in [5.41, 5.74) is 0.889. The average Bonchev–Trinajstić information content (AvgIpc) is 2.85. The number of fused-ring (bicyclic) bond motifs is 1.